The predicted octanol–water partition coefficient (Wildman–Crippen LogP) is 2.71. The Hall–Kier alpha value is -1.68. The molecule has 0 fully saturated rings. The highest BCUT2D eigenvalue weighted by atomic mass is 19.1. The summed E-state index contributed by atoms with van der Waals surface area (Å²) in [6.45, 7) is 4.56. The Bertz CT molecular complexity index is 479. The van der Waals surface area contributed by atoms with Crippen molar-refractivity contribution in [3.8, 4) is 0 Å². The van der Waals surface area contributed by atoms with Gasteiger partial charge in [0.15, 0.2) is 0 Å². The topological polar surface area (TPSA) is 40.7 Å². The van der Waals surface area contributed by atoms with E-state index in [2.05, 4.69) is 22.4 Å². The maximum Gasteiger partial charge on any atom is 0.126 e. The monoisotopic (exact) mass is 233 g/mol. The molecule has 2 aromatic rings. The summed E-state index contributed by atoms with van der Waals surface area (Å²) < 4.78 is 13.1. The lowest BCUT2D eigenvalue weighted by molar-refractivity contribution is 0.572. The number of hydrogen-bond donors (Lipinski definition) is 2. The first-order valence-corrected chi connectivity index (χ1v) is 5.64. The number of nitrogens with zero attached hydrogens (tertiary/aromatic N) is 1. The highest BCUT2D eigenvalue weighted by molar-refractivity contribution is 5.24. The number of aromatic amines is 1. The summed E-state index contributed by atoms with van der Waals surface area (Å²) in [7, 11) is 0. The van der Waals surface area contributed by atoms with Crippen molar-refractivity contribution in [1.82, 2.24) is 15.5 Å². The predicted molar refractivity (Wildman–Crippen MR) is 65.0 cm³/mol. The minimum Gasteiger partial charge on any atom is -0.306 e. The second-order valence-electron chi connectivity index (χ2n) is 4.22. The van der Waals surface area contributed by atoms with E-state index >= 15 is 0 Å². The number of H-pyrrole nitrogens is 1. The first kappa shape index (κ1) is 11.8. The van der Waals surface area contributed by atoms with Crippen LogP contribution in [0.5, 0.6) is 0 Å². The summed E-state index contributed by atoms with van der Waals surface area (Å²) in [5.41, 5.74) is 2.88. The van der Waals surface area contributed by atoms with Gasteiger partial charge in [-0.15, -0.1) is 0 Å². The Labute approximate surface area is 100 Å². The van der Waals surface area contributed by atoms with E-state index in [1.54, 1.807) is 19.2 Å². The van der Waals surface area contributed by atoms with Crippen molar-refractivity contribution in [1.29, 1.82) is 0 Å². The molecule has 0 bridgehead atoms. The fourth-order valence-electron chi connectivity index (χ4n) is 1.70. The van der Waals surface area contributed by atoms with E-state index in [4.69, 9.17) is 0 Å². The zero-order valence-electron chi connectivity index (χ0n) is 10.00. The molecule has 0 saturated heterocycles. The van der Waals surface area contributed by atoms with Crippen LogP contribution in [-0.2, 0) is 6.54 Å². The van der Waals surface area contributed by atoms with Gasteiger partial charge in [-0.2, -0.15) is 5.10 Å². The molecule has 1 aromatic heterocycles. The average Bonchev–Trinajstić information content (AvgIpc) is 2.84. The van der Waals surface area contributed by atoms with Crippen molar-refractivity contribution >= 4 is 0 Å². The molecule has 17 heavy (non-hydrogen) atoms. The Morgan fingerprint density at radius 2 is 2.29 bits per heavy atom. The van der Waals surface area contributed by atoms with Crippen molar-refractivity contribution in [2.45, 2.75) is 26.4 Å². The molecule has 1 heterocycles. The minimum atomic E-state index is -0.156. The van der Waals surface area contributed by atoms with Gasteiger partial charge in [0.25, 0.3) is 0 Å². The maximum atomic E-state index is 13.1. The van der Waals surface area contributed by atoms with Crippen molar-refractivity contribution in [2.24, 2.45) is 0 Å². The molecule has 0 spiro atoms. The molecule has 1 aromatic carbocycles. The van der Waals surface area contributed by atoms with Crippen LogP contribution in [0.15, 0.2) is 30.6 Å². The fraction of sp³-hybridized carbons (Fsp3) is 0.308. The summed E-state index contributed by atoms with van der Waals surface area (Å²) in [6.07, 6.45) is 3.67. The van der Waals surface area contributed by atoms with Crippen LogP contribution in [0.1, 0.15) is 29.7 Å². The van der Waals surface area contributed by atoms with Gasteiger partial charge < -0.3 is 5.32 Å². The van der Waals surface area contributed by atoms with Gasteiger partial charge in [0, 0.05) is 24.3 Å². The van der Waals surface area contributed by atoms with Gasteiger partial charge >= 0.3 is 0 Å². The van der Waals surface area contributed by atoms with Crippen LogP contribution in [0.3, 0.4) is 0 Å². The molecular formula is C13H16FN3. The molecule has 0 saturated carbocycles. The number of benzene rings is 1. The second-order valence-corrected chi connectivity index (χ2v) is 4.22. The lowest BCUT2D eigenvalue weighted by atomic mass is 10.1. The van der Waals surface area contributed by atoms with Crippen LogP contribution in [0.25, 0.3) is 0 Å². The van der Waals surface area contributed by atoms with Gasteiger partial charge in [0.1, 0.15) is 5.82 Å². The van der Waals surface area contributed by atoms with Crippen molar-refractivity contribution in [3.63, 3.8) is 0 Å². The molecule has 2 rings (SSSR count). The van der Waals surface area contributed by atoms with Crippen LogP contribution in [0, 0.1) is 12.7 Å². The van der Waals surface area contributed by atoms with Gasteiger partial charge in [-0.3, -0.25) is 5.10 Å². The Kier molecular flexibility index (Phi) is 3.54. The number of aromatic nitrogens is 2. The van der Waals surface area contributed by atoms with Crippen molar-refractivity contribution in [2.75, 3.05) is 0 Å². The molecule has 0 aliphatic carbocycles. The third-order valence-electron chi connectivity index (χ3n) is 2.85. The van der Waals surface area contributed by atoms with Crippen molar-refractivity contribution in [3.05, 3.63) is 53.1 Å². The van der Waals surface area contributed by atoms with Crippen molar-refractivity contribution < 1.29 is 4.39 Å². The standard InChI is InChI=1S/C13H16FN3/c1-9-5-11(3-4-13(9)14)6-15-10(2)12-7-16-17-8-12/h3-5,7-8,10,15H,6H2,1-2H3,(H,16,17). The van der Waals surface area contributed by atoms with Gasteiger partial charge in [-0.05, 0) is 31.0 Å². The fourth-order valence-corrected chi connectivity index (χ4v) is 1.70. The van der Waals surface area contributed by atoms with E-state index in [9.17, 15) is 4.39 Å². The molecular weight excluding hydrogens is 217 g/mol. The molecule has 1 unspecified atom stereocenters. The van der Waals surface area contributed by atoms with E-state index in [0.717, 1.165) is 11.1 Å². The molecule has 0 radical (unpaired) electrons. The minimum absolute atomic E-state index is 0.156. The summed E-state index contributed by atoms with van der Waals surface area (Å²) in [5.74, 6) is -0.156. The average molecular weight is 233 g/mol. The molecule has 1 atom stereocenters. The maximum absolute atomic E-state index is 13.1. The third kappa shape index (κ3) is 2.91. The lowest BCUT2D eigenvalue weighted by Gasteiger charge is -2.12. The van der Waals surface area contributed by atoms with Gasteiger partial charge in [-0.25, -0.2) is 4.39 Å². The van der Waals surface area contributed by atoms with E-state index in [0.29, 0.717) is 12.1 Å². The van der Waals surface area contributed by atoms with Crippen LogP contribution in [-0.4, -0.2) is 10.2 Å². The number of aryl methyl sites for hydroxylation is 1. The molecule has 3 nitrogen and oxygen atoms in total. The molecule has 4 heteroatoms. The summed E-state index contributed by atoms with van der Waals surface area (Å²) in [6, 6.07) is 5.40. The highest BCUT2D eigenvalue weighted by Gasteiger charge is 2.06. The van der Waals surface area contributed by atoms with Crippen LogP contribution < -0.4 is 5.32 Å². The van der Waals surface area contributed by atoms with E-state index in [1.807, 2.05) is 12.3 Å². The Morgan fingerprint density at radius 1 is 1.47 bits per heavy atom. The Morgan fingerprint density at radius 3 is 2.94 bits per heavy atom. The van der Waals surface area contributed by atoms with Crippen LogP contribution in [0.2, 0.25) is 0 Å². The first-order valence-electron chi connectivity index (χ1n) is 5.64. The Balaban J connectivity index is 1.96. The molecule has 0 amide bonds. The van der Waals surface area contributed by atoms with Gasteiger partial charge in [-0.1, -0.05) is 12.1 Å². The third-order valence-corrected chi connectivity index (χ3v) is 2.85. The van der Waals surface area contributed by atoms with Gasteiger partial charge in [0.2, 0.25) is 0 Å². The van der Waals surface area contributed by atoms with Gasteiger partial charge in [0.05, 0.1) is 6.20 Å². The zero-order chi connectivity index (χ0) is 12.3. The largest absolute Gasteiger partial charge is 0.306 e. The van der Waals surface area contributed by atoms with Crippen LogP contribution >= 0.6 is 0 Å². The number of nitrogens with one attached hydrogen (secondary N) is 2. The summed E-state index contributed by atoms with van der Waals surface area (Å²) in [4.78, 5) is 0. The van der Waals surface area contributed by atoms with Crippen LogP contribution in [0.4, 0.5) is 4.39 Å². The number of rotatable bonds is 4. The second kappa shape index (κ2) is 5.10. The highest BCUT2D eigenvalue weighted by Crippen LogP contribution is 2.12. The first-order chi connectivity index (χ1) is 8.16. The smallest absolute Gasteiger partial charge is 0.126 e. The molecule has 0 aliphatic heterocycles. The molecule has 0 aliphatic rings. The van der Waals surface area contributed by atoms with E-state index < -0.39 is 0 Å². The lowest BCUT2D eigenvalue weighted by Crippen LogP contribution is -2.17. The SMILES string of the molecule is Cc1cc(CNC(C)c2cn[nH]c2)ccc1F. The summed E-state index contributed by atoms with van der Waals surface area (Å²) in [5, 5.41) is 10.1. The normalized spacial score (nSPS) is 12.6. The number of hydrogen-bond acceptors (Lipinski definition) is 2. The van der Waals surface area contributed by atoms with E-state index in [-0.39, 0.29) is 11.9 Å². The van der Waals surface area contributed by atoms with E-state index in [1.165, 1.54) is 6.07 Å². The molecule has 90 valence electrons. The number of halogens is 1. The summed E-state index contributed by atoms with van der Waals surface area (Å²) >= 11 is 0. The molecule has 2 N–H and O–H groups in total. The zero-order valence-corrected chi connectivity index (χ0v) is 10.00. The quantitative estimate of drug-likeness (QED) is 0.852.